The van der Waals surface area contributed by atoms with E-state index in [9.17, 15) is 9.59 Å². The van der Waals surface area contributed by atoms with Gasteiger partial charge in [0.25, 0.3) is 11.5 Å². The number of nitrogens with zero attached hydrogens (tertiary/aromatic N) is 3. The molecule has 4 rings (SSSR count). The van der Waals surface area contributed by atoms with Crippen LogP contribution in [0.15, 0.2) is 53.7 Å². The maximum absolute atomic E-state index is 12.6. The topological polar surface area (TPSA) is 103 Å². The first-order chi connectivity index (χ1) is 14.1. The van der Waals surface area contributed by atoms with Crippen molar-refractivity contribution in [3.63, 3.8) is 0 Å². The molecule has 29 heavy (non-hydrogen) atoms. The summed E-state index contributed by atoms with van der Waals surface area (Å²) in [5.74, 6) is 0.323. The van der Waals surface area contributed by atoms with E-state index in [4.69, 9.17) is 0 Å². The number of carbonyl (C=O) groups is 1. The molecule has 0 saturated carbocycles. The second-order valence-electron chi connectivity index (χ2n) is 6.86. The van der Waals surface area contributed by atoms with Crippen LogP contribution in [0.4, 0.5) is 17.2 Å². The summed E-state index contributed by atoms with van der Waals surface area (Å²) < 4.78 is 0. The lowest BCUT2D eigenvalue weighted by Gasteiger charge is -2.17. The third-order valence-electron chi connectivity index (χ3n) is 4.97. The lowest BCUT2D eigenvalue weighted by atomic mass is 10.1. The molecule has 1 aliphatic rings. The smallest absolute Gasteiger partial charge is 0.271 e. The highest BCUT2D eigenvalue weighted by atomic mass is 16.2. The molecule has 0 aliphatic carbocycles. The summed E-state index contributed by atoms with van der Waals surface area (Å²) in [6, 6.07) is 10.8. The Morgan fingerprint density at radius 2 is 1.86 bits per heavy atom. The Kier molecular flexibility index (Phi) is 5.24. The number of hydrogen-bond donors (Lipinski definition) is 3. The van der Waals surface area contributed by atoms with Gasteiger partial charge in [0, 0.05) is 49.2 Å². The van der Waals surface area contributed by atoms with Crippen molar-refractivity contribution < 1.29 is 4.79 Å². The Hall–Kier alpha value is -3.68. The molecule has 3 N–H and O–H groups in total. The van der Waals surface area contributed by atoms with E-state index in [0.717, 1.165) is 18.8 Å². The zero-order chi connectivity index (χ0) is 20.2. The second-order valence-corrected chi connectivity index (χ2v) is 6.86. The van der Waals surface area contributed by atoms with Crippen molar-refractivity contribution in [3.8, 4) is 11.3 Å². The van der Waals surface area contributed by atoms with Crippen LogP contribution >= 0.6 is 0 Å². The molecule has 2 aromatic heterocycles. The number of nitrogens with one attached hydrogen (secondary N) is 3. The Morgan fingerprint density at radius 3 is 2.59 bits per heavy atom. The van der Waals surface area contributed by atoms with E-state index >= 15 is 0 Å². The van der Waals surface area contributed by atoms with E-state index in [1.54, 1.807) is 37.5 Å². The Morgan fingerprint density at radius 1 is 1.10 bits per heavy atom. The maximum Gasteiger partial charge on any atom is 0.271 e. The molecule has 0 spiro atoms. The summed E-state index contributed by atoms with van der Waals surface area (Å²) in [4.78, 5) is 38.1. The fourth-order valence-electron chi connectivity index (χ4n) is 3.37. The first-order valence-corrected chi connectivity index (χ1v) is 9.53. The molecule has 0 atom stereocenters. The first kappa shape index (κ1) is 18.7. The van der Waals surface area contributed by atoms with Crippen LogP contribution < -0.4 is 21.1 Å². The van der Waals surface area contributed by atoms with Gasteiger partial charge < -0.3 is 20.5 Å². The van der Waals surface area contributed by atoms with Crippen molar-refractivity contribution in [3.05, 3.63) is 64.8 Å². The number of pyridine rings is 1. The van der Waals surface area contributed by atoms with E-state index in [1.807, 2.05) is 12.1 Å². The number of anilines is 3. The van der Waals surface area contributed by atoms with E-state index in [1.165, 1.54) is 19.2 Å². The van der Waals surface area contributed by atoms with E-state index in [0.29, 0.717) is 22.6 Å². The minimum absolute atomic E-state index is 0.167. The molecule has 1 saturated heterocycles. The summed E-state index contributed by atoms with van der Waals surface area (Å²) in [7, 11) is 1.76. The molecule has 1 fully saturated rings. The normalized spacial score (nSPS) is 13.3. The molecule has 1 amide bonds. The molecule has 0 unspecified atom stereocenters. The molecule has 1 aliphatic heterocycles. The highest BCUT2D eigenvalue weighted by molar-refractivity contribution is 6.04. The van der Waals surface area contributed by atoms with Gasteiger partial charge in [0.05, 0.1) is 5.69 Å². The van der Waals surface area contributed by atoms with Gasteiger partial charge in [0.1, 0.15) is 17.8 Å². The average Bonchev–Trinajstić information content (AvgIpc) is 3.30. The molecule has 148 valence electrons. The van der Waals surface area contributed by atoms with Crippen LogP contribution in [0.2, 0.25) is 0 Å². The highest BCUT2D eigenvalue weighted by Gasteiger charge is 2.14. The predicted octanol–water partition coefficient (Wildman–Crippen LogP) is 2.73. The number of rotatable bonds is 5. The number of hydrogen-bond acceptors (Lipinski definition) is 6. The third kappa shape index (κ3) is 4.11. The van der Waals surface area contributed by atoms with Gasteiger partial charge in [0.2, 0.25) is 0 Å². The van der Waals surface area contributed by atoms with Crippen LogP contribution in [-0.4, -0.2) is 41.0 Å². The molecule has 8 heteroatoms. The molecule has 0 bridgehead atoms. The molecular weight excluding hydrogens is 368 g/mol. The van der Waals surface area contributed by atoms with E-state index in [-0.39, 0.29) is 17.2 Å². The van der Waals surface area contributed by atoms with E-state index in [2.05, 4.69) is 30.5 Å². The van der Waals surface area contributed by atoms with Gasteiger partial charge in [-0.1, -0.05) is 0 Å². The van der Waals surface area contributed by atoms with Gasteiger partial charge in [-0.15, -0.1) is 0 Å². The lowest BCUT2D eigenvalue weighted by Crippen LogP contribution is -2.20. The van der Waals surface area contributed by atoms with Crippen LogP contribution in [0, 0.1) is 0 Å². The quantitative estimate of drug-likeness (QED) is 0.619. The summed E-state index contributed by atoms with van der Waals surface area (Å²) in [5, 5.41) is 5.64. The van der Waals surface area contributed by atoms with E-state index < -0.39 is 0 Å². The molecule has 3 aromatic rings. The average molecular weight is 390 g/mol. The lowest BCUT2D eigenvalue weighted by molar-refractivity contribution is 0.102. The zero-order valence-corrected chi connectivity index (χ0v) is 16.1. The van der Waals surface area contributed by atoms with Crippen molar-refractivity contribution in [1.29, 1.82) is 0 Å². The summed E-state index contributed by atoms with van der Waals surface area (Å²) in [6.07, 6.45) is 5.39. The molecule has 8 nitrogen and oxygen atoms in total. The first-order valence-electron chi connectivity index (χ1n) is 9.53. The predicted molar refractivity (Wildman–Crippen MR) is 113 cm³/mol. The fourth-order valence-corrected chi connectivity index (χ4v) is 3.37. The van der Waals surface area contributed by atoms with Gasteiger partial charge in [0.15, 0.2) is 0 Å². The number of amides is 1. The second kappa shape index (κ2) is 8.14. The Bertz CT molecular complexity index is 1070. The van der Waals surface area contributed by atoms with Crippen LogP contribution in [0.25, 0.3) is 11.3 Å². The maximum atomic E-state index is 12.6. The Labute approximate surface area is 168 Å². The number of carbonyl (C=O) groups excluding carboxylic acids is 1. The summed E-state index contributed by atoms with van der Waals surface area (Å²) >= 11 is 0. The molecular formula is C21H22N6O2. The minimum atomic E-state index is -0.376. The molecule has 3 heterocycles. The van der Waals surface area contributed by atoms with Crippen LogP contribution in [0.5, 0.6) is 0 Å². The van der Waals surface area contributed by atoms with Crippen molar-refractivity contribution in [1.82, 2.24) is 15.0 Å². The van der Waals surface area contributed by atoms with Crippen molar-refractivity contribution in [2.75, 3.05) is 35.7 Å². The van der Waals surface area contributed by atoms with Crippen LogP contribution in [0.3, 0.4) is 0 Å². The minimum Gasteiger partial charge on any atom is -0.373 e. The fraction of sp³-hybridized carbons (Fsp3) is 0.238. The number of H-pyrrole nitrogens is 1. The van der Waals surface area contributed by atoms with Gasteiger partial charge in [-0.3, -0.25) is 9.59 Å². The van der Waals surface area contributed by atoms with Gasteiger partial charge >= 0.3 is 0 Å². The highest BCUT2D eigenvalue weighted by Crippen LogP contribution is 2.22. The largest absolute Gasteiger partial charge is 0.373 e. The molecule has 1 aromatic carbocycles. The number of benzene rings is 1. The molecule has 0 radical (unpaired) electrons. The monoisotopic (exact) mass is 390 g/mol. The number of aromatic nitrogens is 3. The van der Waals surface area contributed by atoms with Gasteiger partial charge in [-0.25, -0.2) is 9.97 Å². The van der Waals surface area contributed by atoms with Crippen LogP contribution in [0.1, 0.15) is 23.2 Å². The van der Waals surface area contributed by atoms with Crippen molar-refractivity contribution >= 4 is 23.1 Å². The number of aromatic amines is 1. The summed E-state index contributed by atoms with van der Waals surface area (Å²) in [6.45, 7) is 2.10. The van der Waals surface area contributed by atoms with Gasteiger partial charge in [-0.2, -0.15) is 0 Å². The van der Waals surface area contributed by atoms with Crippen LogP contribution in [-0.2, 0) is 0 Å². The van der Waals surface area contributed by atoms with Gasteiger partial charge in [-0.05, 0) is 43.2 Å². The third-order valence-corrected chi connectivity index (χ3v) is 4.97. The zero-order valence-electron chi connectivity index (χ0n) is 16.1. The van der Waals surface area contributed by atoms with Crippen molar-refractivity contribution in [2.24, 2.45) is 0 Å². The Balaban J connectivity index is 1.54. The van der Waals surface area contributed by atoms with Crippen molar-refractivity contribution in [2.45, 2.75) is 12.8 Å². The SMILES string of the molecule is CNc1cc(-c2c[nH]c(=O)c(NC(=O)c3ccc(N4CCCC4)cc3)c2)ncn1. The standard InChI is InChI=1S/C21H22N6O2/c1-22-19-11-17(24-13-25-19)15-10-18(21(29)23-12-15)26-20(28)14-4-6-16(7-5-14)27-8-2-3-9-27/h4-7,10-13H,2-3,8-9H2,1H3,(H,23,29)(H,26,28)(H,22,24,25). The summed E-state index contributed by atoms with van der Waals surface area (Å²) in [5.41, 5.74) is 2.70.